The maximum absolute atomic E-state index is 13.8. The molecule has 0 aliphatic heterocycles. The van der Waals surface area contributed by atoms with Gasteiger partial charge in [-0.1, -0.05) is 12.1 Å². The number of hydrogen-bond acceptors (Lipinski definition) is 4. The summed E-state index contributed by atoms with van der Waals surface area (Å²) in [5.41, 5.74) is 1.73. The van der Waals surface area contributed by atoms with Gasteiger partial charge in [0.15, 0.2) is 0 Å². The predicted molar refractivity (Wildman–Crippen MR) is 93.7 cm³/mol. The largest absolute Gasteiger partial charge is 0.481 e. The molecule has 2 aromatic carbocycles. The molecule has 0 saturated carbocycles. The molecule has 0 aliphatic carbocycles. The number of hydrogen-bond donors (Lipinski definition) is 2. The lowest BCUT2D eigenvalue weighted by atomic mass is 10.1. The number of carbonyl (C=O) groups is 2. The molecule has 0 atom stereocenters. The van der Waals surface area contributed by atoms with Gasteiger partial charge in [-0.15, -0.1) is 0 Å². The maximum Gasteiger partial charge on any atom is 0.307 e. The van der Waals surface area contributed by atoms with Crippen molar-refractivity contribution in [2.24, 2.45) is 0 Å². The molecule has 0 spiro atoms. The summed E-state index contributed by atoms with van der Waals surface area (Å²) in [5, 5.41) is 11.4. The molecule has 0 heterocycles. The number of methoxy groups -OCH3 is 1. The number of amides is 1. The summed E-state index contributed by atoms with van der Waals surface area (Å²) in [6, 6.07) is 10.5. The smallest absolute Gasteiger partial charge is 0.307 e. The molecule has 0 bridgehead atoms. The molecule has 0 aromatic heterocycles. The molecular formula is C19H20FNO5. The van der Waals surface area contributed by atoms with Gasteiger partial charge in [-0.2, -0.15) is 0 Å². The minimum atomic E-state index is -0.923. The SMILES string of the molecule is COCCOCc1cc(C(=O)Nc2ccc(CC(=O)O)cc2)ccc1F. The number of aliphatic carboxylic acids is 1. The molecule has 2 aromatic rings. The van der Waals surface area contributed by atoms with Crippen molar-refractivity contribution < 1.29 is 28.6 Å². The van der Waals surface area contributed by atoms with E-state index in [-0.39, 0.29) is 18.6 Å². The fourth-order valence-corrected chi connectivity index (χ4v) is 2.23. The average Bonchev–Trinajstić information content (AvgIpc) is 2.61. The number of benzene rings is 2. The number of ether oxygens (including phenoxy) is 2. The Morgan fingerprint density at radius 1 is 1.12 bits per heavy atom. The normalized spacial score (nSPS) is 10.5. The quantitative estimate of drug-likeness (QED) is 0.671. The second-order valence-corrected chi connectivity index (χ2v) is 5.57. The zero-order valence-electron chi connectivity index (χ0n) is 14.3. The number of halogens is 1. The first-order valence-electron chi connectivity index (χ1n) is 7.97. The molecule has 138 valence electrons. The van der Waals surface area contributed by atoms with Crippen LogP contribution in [0.2, 0.25) is 0 Å². The first-order valence-corrected chi connectivity index (χ1v) is 7.97. The van der Waals surface area contributed by atoms with E-state index in [1.54, 1.807) is 31.4 Å². The highest BCUT2D eigenvalue weighted by atomic mass is 19.1. The van der Waals surface area contributed by atoms with Crippen LogP contribution >= 0.6 is 0 Å². The predicted octanol–water partition coefficient (Wildman–Crippen LogP) is 2.87. The monoisotopic (exact) mass is 361 g/mol. The van der Waals surface area contributed by atoms with Crippen LogP contribution in [0.5, 0.6) is 0 Å². The van der Waals surface area contributed by atoms with E-state index in [1.807, 2.05) is 0 Å². The number of carboxylic acids is 1. The van der Waals surface area contributed by atoms with Gasteiger partial charge >= 0.3 is 5.97 Å². The van der Waals surface area contributed by atoms with Crippen LogP contribution in [0.25, 0.3) is 0 Å². The lowest BCUT2D eigenvalue weighted by Gasteiger charge is -2.09. The molecule has 2 rings (SSSR count). The Balaban J connectivity index is 2.01. The first-order chi connectivity index (χ1) is 12.5. The third kappa shape index (κ3) is 5.94. The average molecular weight is 361 g/mol. The summed E-state index contributed by atoms with van der Waals surface area (Å²) >= 11 is 0. The summed E-state index contributed by atoms with van der Waals surface area (Å²) in [7, 11) is 1.54. The number of carbonyl (C=O) groups excluding carboxylic acids is 1. The Hall–Kier alpha value is -2.77. The molecule has 0 unspecified atom stereocenters. The standard InChI is InChI=1S/C19H20FNO5/c1-25-8-9-26-12-15-11-14(4-7-17(15)20)19(24)21-16-5-2-13(3-6-16)10-18(22)23/h2-7,11H,8-10,12H2,1H3,(H,21,24)(H,22,23). The molecule has 1 amide bonds. The highest BCUT2D eigenvalue weighted by molar-refractivity contribution is 6.04. The van der Waals surface area contributed by atoms with Crippen LogP contribution in [-0.4, -0.2) is 37.3 Å². The van der Waals surface area contributed by atoms with Crippen LogP contribution in [0.3, 0.4) is 0 Å². The lowest BCUT2D eigenvalue weighted by molar-refractivity contribution is -0.136. The summed E-state index contributed by atoms with van der Waals surface area (Å²) in [4.78, 5) is 23.0. The Morgan fingerprint density at radius 2 is 1.85 bits per heavy atom. The van der Waals surface area contributed by atoms with Gasteiger partial charge in [0.2, 0.25) is 0 Å². The lowest BCUT2D eigenvalue weighted by Crippen LogP contribution is -2.13. The summed E-state index contributed by atoms with van der Waals surface area (Å²) < 4.78 is 24.0. The minimum absolute atomic E-state index is 0.0419. The van der Waals surface area contributed by atoms with E-state index in [0.717, 1.165) is 0 Å². The first kappa shape index (κ1) is 19.6. The van der Waals surface area contributed by atoms with Crippen molar-refractivity contribution in [2.45, 2.75) is 13.0 Å². The fourth-order valence-electron chi connectivity index (χ4n) is 2.23. The summed E-state index contributed by atoms with van der Waals surface area (Å²) in [5.74, 6) is -1.76. The van der Waals surface area contributed by atoms with Gasteiger partial charge in [0.05, 0.1) is 26.2 Å². The zero-order valence-corrected chi connectivity index (χ0v) is 14.3. The second-order valence-electron chi connectivity index (χ2n) is 5.57. The molecule has 0 fully saturated rings. The molecule has 0 aliphatic rings. The zero-order chi connectivity index (χ0) is 18.9. The van der Waals surface area contributed by atoms with Crippen LogP contribution in [-0.2, 0) is 27.3 Å². The Kier molecular flexibility index (Phi) is 7.25. The summed E-state index contributed by atoms with van der Waals surface area (Å²) in [6.07, 6.45) is -0.0847. The van der Waals surface area contributed by atoms with Crippen LogP contribution in [0.15, 0.2) is 42.5 Å². The topological polar surface area (TPSA) is 84.9 Å². The molecule has 0 saturated heterocycles. The molecule has 6 nitrogen and oxygen atoms in total. The maximum atomic E-state index is 13.8. The van der Waals surface area contributed by atoms with Crippen molar-refractivity contribution in [3.8, 4) is 0 Å². The van der Waals surface area contributed by atoms with Gasteiger partial charge in [-0.05, 0) is 35.9 Å². The minimum Gasteiger partial charge on any atom is -0.481 e. The van der Waals surface area contributed by atoms with Gasteiger partial charge in [0, 0.05) is 23.9 Å². The highest BCUT2D eigenvalue weighted by Crippen LogP contribution is 2.15. The molecule has 2 N–H and O–H groups in total. The van der Waals surface area contributed by atoms with Crippen LogP contribution in [0.1, 0.15) is 21.5 Å². The van der Waals surface area contributed by atoms with E-state index in [4.69, 9.17) is 14.6 Å². The Labute approximate surface area is 150 Å². The number of anilines is 1. The number of carboxylic acid groups (broad SMARTS) is 1. The van der Waals surface area contributed by atoms with E-state index >= 15 is 0 Å². The van der Waals surface area contributed by atoms with E-state index < -0.39 is 17.7 Å². The number of nitrogens with one attached hydrogen (secondary N) is 1. The Morgan fingerprint density at radius 3 is 2.50 bits per heavy atom. The van der Waals surface area contributed by atoms with Crippen molar-refractivity contribution in [1.29, 1.82) is 0 Å². The second kappa shape index (κ2) is 9.65. The van der Waals surface area contributed by atoms with E-state index in [2.05, 4.69) is 5.32 Å². The van der Waals surface area contributed by atoms with Crippen molar-refractivity contribution in [3.63, 3.8) is 0 Å². The third-order valence-electron chi connectivity index (χ3n) is 3.56. The van der Waals surface area contributed by atoms with Gasteiger partial charge in [0.1, 0.15) is 5.82 Å². The van der Waals surface area contributed by atoms with Crippen LogP contribution < -0.4 is 5.32 Å². The molecule has 26 heavy (non-hydrogen) atoms. The van der Waals surface area contributed by atoms with E-state index in [9.17, 15) is 14.0 Å². The molecule has 0 radical (unpaired) electrons. The third-order valence-corrected chi connectivity index (χ3v) is 3.56. The van der Waals surface area contributed by atoms with Gasteiger partial charge < -0.3 is 19.9 Å². The summed E-state index contributed by atoms with van der Waals surface area (Å²) in [6.45, 7) is 0.773. The Bertz CT molecular complexity index is 761. The van der Waals surface area contributed by atoms with Crippen LogP contribution in [0, 0.1) is 5.82 Å². The van der Waals surface area contributed by atoms with Crippen molar-refractivity contribution in [1.82, 2.24) is 0 Å². The van der Waals surface area contributed by atoms with E-state index in [1.165, 1.54) is 18.2 Å². The van der Waals surface area contributed by atoms with Crippen molar-refractivity contribution in [2.75, 3.05) is 25.6 Å². The number of rotatable bonds is 9. The molecular weight excluding hydrogens is 341 g/mol. The van der Waals surface area contributed by atoms with Gasteiger partial charge in [-0.3, -0.25) is 9.59 Å². The van der Waals surface area contributed by atoms with Crippen LogP contribution in [0.4, 0.5) is 10.1 Å². The van der Waals surface area contributed by atoms with Gasteiger partial charge in [0.25, 0.3) is 5.91 Å². The fraction of sp³-hybridized carbons (Fsp3) is 0.263. The van der Waals surface area contributed by atoms with Crippen molar-refractivity contribution >= 4 is 17.6 Å². The highest BCUT2D eigenvalue weighted by Gasteiger charge is 2.11. The van der Waals surface area contributed by atoms with Gasteiger partial charge in [-0.25, -0.2) is 4.39 Å². The molecule has 7 heteroatoms. The van der Waals surface area contributed by atoms with E-state index in [0.29, 0.717) is 30.0 Å². The van der Waals surface area contributed by atoms with Crippen molar-refractivity contribution in [3.05, 3.63) is 65.0 Å².